The van der Waals surface area contributed by atoms with E-state index in [1.807, 2.05) is 6.92 Å². The van der Waals surface area contributed by atoms with Crippen LogP contribution in [-0.2, 0) is 47.8 Å². The zero-order valence-corrected chi connectivity index (χ0v) is 30.4. The molecule has 4 N–H and O–H groups in total. The second-order valence-corrected chi connectivity index (χ2v) is 9.70. The average Bonchev–Trinajstić information content (AvgIpc) is 3.77. The Hall–Kier alpha value is -5.98. The molecular formula is C34H53F6N6O13-. The average molecular weight is 868 g/mol. The van der Waals surface area contributed by atoms with Crippen molar-refractivity contribution in [3.05, 3.63) is 36.5 Å². The Morgan fingerprint density at radius 2 is 1.12 bits per heavy atom. The van der Waals surface area contributed by atoms with Gasteiger partial charge in [0.25, 0.3) is 35.4 Å². The minimum absolute atomic E-state index is 0. The Balaban J connectivity index is -0.000000148. The highest BCUT2D eigenvalue weighted by Gasteiger charge is 2.31. The highest BCUT2D eigenvalue weighted by Crippen LogP contribution is 2.14. The highest BCUT2D eigenvalue weighted by atomic mass is 19.4. The van der Waals surface area contributed by atoms with Crippen LogP contribution in [0.2, 0.25) is 0 Å². The van der Waals surface area contributed by atoms with Crippen LogP contribution in [0.1, 0.15) is 55.4 Å². The van der Waals surface area contributed by atoms with E-state index in [0.717, 1.165) is 57.3 Å². The van der Waals surface area contributed by atoms with Crippen molar-refractivity contribution in [1.82, 2.24) is 14.7 Å². The lowest BCUT2D eigenvalue weighted by molar-refractivity contribution is -0.263. The normalized spacial score (nSPS) is 13.6. The molecule has 3 aliphatic heterocycles. The Bertz CT molecular complexity index is 1410. The van der Waals surface area contributed by atoms with Crippen molar-refractivity contribution in [3.8, 4) is 0 Å². The minimum Gasteiger partial charge on any atom is -0.856 e. The van der Waals surface area contributed by atoms with Gasteiger partial charge in [0.05, 0.1) is 33.3 Å². The first-order chi connectivity index (χ1) is 26.0. The molecule has 0 bridgehead atoms. The number of nitrogens with two attached hydrogens (primary N) is 2. The van der Waals surface area contributed by atoms with Crippen molar-refractivity contribution in [1.29, 1.82) is 0 Å². The van der Waals surface area contributed by atoms with Gasteiger partial charge >= 0.3 is 24.5 Å². The molecule has 0 fully saturated rings. The standard InChI is InChI=1S/C9H13NO2.C8H7F3N2O3.C6H5NO4.C4H11NO.C2HF3O.C2H5NO2.3CH4/c1-2-3-4-7-10-8(11)5-6-9(10)12;9-8(10,11)7(16)12-3-4-13-5(14)1-2-6(13)15;1-11-6(10)7-4(8)2-3-5(7)9;1-2-6-4-3-5;3-2(4,5)1-6;1-5-2(3)4;;;/h5-6H,2-4,7H2,1H3;1-2H,3-4H2,(H,12,16);2-3H,1H3;2-5H2,1H3;1H;1H3,(H2,3,4);3*1H4/p-1. The van der Waals surface area contributed by atoms with Crippen molar-refractivity contribution in [2.75, 3.05) is 53.6 Å². The summed E-state index contributed by atoms with van der Waals surface area (Å²) in [6.45, 7) is 5.81. The number of methoxy groups -OCH3 is 2. The van der Waals surface area contributed by atoms with Crippen LogP contribution in [0.4, 0.5) is 35.9 Å². The molecule has 25 heteroatoms. The van der Waals surface area contributed by atoms with Crippen LogP contribution in [0.5, 0.6) is 0 Å². The van der Waals surface area contributed by atoms with E-state index in [4.69, 9.17) is 15.3 Å². The molecule has 19 nitrogen and oxygen atoms in total. The molecule has 0 aliphatic carbocycles. The zero-order chi connectivity index (χ0) is 44.1. The number of halogens is 6. The van der Waals surface area contributed by atoms with Crippen molar-refractivity contribution in [2.45, 2.75) is 67.7 Å². The fourth-order valence-corrected chi connectivity index (χ4v) is 3.06. The molecule has 0 saturated heterocycles. The van der Waals surface area contributed by atoms with Crippen molar-refractivity contribution in [2.24, 2.45) is 16.5 Å². The summed E-state index contributed by atoms with van der Waals surface area (Å²) in [6.07, 6.45) is -2.67. The largest absolute Gasteiger partial charge is 0.856 e. The number of primary amides is 1. The maximum absolute atomic E-state index is 11.7. The third-order valence-corrected chi connectivity index (χ3v) is 5.58. The van der Waals surface area contributed by atoms with Gasteiger partial charge in [0.2, 0.25) is 6.29 Å². The maximum Gasteiger partial charge on any atom is 0.446 e. The molecule has 0 unspecified atom stereocenters. The van der Waals surface area contributed by atoms with E-state index in [2.05, 4.69) is 27.1 Å². The van der Waals surface area contributed by atoms with Gasteiger partial charge in [-0.15, -0.1) is 0 Å². The van der Waals surface area contributed by atoms with Gasteiger partial charge in [-0.25, -0.2) is 9.59 Å². The summed E-state index contributed by atoms with van der Waals surface area (Å²) in [7, 11) is 2.32. The lowest BCUT2D eigenvalue weighted by Crippen LogP contribution is -2.37. The van der Waals surface area contributed by atoms with Crippen molar-refractivity contribution < 1.29 is 88.8 Å². The number of unbranched alkanes of at least 4 members (excludes halogenated alkanes) is 2. The summed E-state index contributed by atoms with van der Waals surface area (Å²) >= 11 is 0. The van der Waals surface area contributed by atoms with Gasteiger partial charge in [0, 0.05) is 62.7 Å². The number of hydrogen-bond acceptors (Lipinski definition) is 15. The molecule has 3 rings (SSSR count). The SMILES string of the molecule is C.C.C.CCCCCN1C(=O)C=CC1=O.CCOCCN.COC(=O)N1C(=O)C=CC1=O.COC(N)=O.O=C1C=CC(=O)N1CCN=C([O-])C(F)(F)F.O=CC(F)(F)F. The Morgan fingerprint density at radius 3 is 1.39 bits per heavy atom. The minimum atomic E-state index is -5.02. The lowest BCUT2D eigenvalue weighted by Gasteiger charge is -2.16. The van der Waals surface area contributed by atoms with Crippen molar-refractivity contribution in [3.63, 3.8) is 0 Å². The number of aldehydes is 1. The van der Waals surface area contributed by atoms with Crippen LogP contribution in [0, 0.1) is 0 Å². The van der Waals surface area contributed by atoms with Gasteiger partial charge in [0.1, 0.15) is 0 Å². The lowest BCUT2D eigenvalue weighted by atomic mass is 10.2. The van der Waals surface area contributed by atoms with Gasteiger partial charge in [-0.1, -0.05) is 42.0 Å². The molecule has 0 radical (unpaired) electrons. The van der Waals surface area contributed by atoms with Crippen LogP contribution in [0.15, 0.2) is 41.4 Å². The van der Waals surface area contributed by atoms with E-state index in [-0.39, 0.29) is 40.6 Å². The second kappa shape index (κ2) is 35.2. The molecule has 59 heavy (non-hydrogen) atoms. The number of nitrogens with zero attached hydrogens (tertiary/aromatic N) is 4. The Kier molecular flexibility index (Phi) is 38.7. The summed E-state index contributed by atoms with van der Waals surface area (Å²) in [5.41, 5.74) is 9.52. The number of rotatable bonds is 10. The number of alkyl halides is 6. The third-order valence-electron chi connectivity index (χ3n) is 5.58. The Labute approximate surface area is 337 Å². The van der Waals surface area contributed by atoms with Crippen LogP contribution >= 0.6 is 0 Å². The number of carbonyl (C=O) groups is 9. The van der Waals surface area contributed by atoms with Gasteiger partial charge in [-0.05, 0) is 13.3 Å². The first-order valence-corrected chi connectivity index (χ1v) is 15.6. The summed E-state index contributed by atoms with van der Waals surface area (Å²) in [5, 5.41) is 10.3. The summed E-state index contributed by atoms with van der Waals surface area (Å²) in [6, 6.07) is 0. The number of hydrogen-bond donors (Lipinski definition) is 2. The zero-order valence-electron chi connectivity index (χ0n) is 30.4. The van der Waals surface area contributed by atoms with Crippen molar-refractivity contribution >= 4 is 59.8 Å². The molecule has 0 spiro atoms. The topological polar surface area (TPSA) is 278 Å². The Morgan fingerprint density at radius 1 is 0.746 bits per heavy atom. The fraction of sp³-hybridized carbons (Fsp3) is 0.529. The predicted octanol–water partition coefficient (Wildman–Crippen LogP) is 2.36. The molecule has 0 aromatic heterocycles. The van der Waals surface area contributed by atoms with Gasteiger partial charge in [-0.2, -0.15) is 31.2 Å². The molecule has 3 aliphatic rings. The summed E-state index contributed by atoms with van der Waals surface area (Å²) in [5.74, 6) is -5.14. The fourth-order valence-electron chi connectivity index (χ4n) is 3.06. The molecule has 340 valence electrons. The van der Waals surface area contributed by atoms with Gasteiger partial charge in [0.15, 0.2) is 0 Å². The first-order valence-electron chi connectivity index (χ1n) is 15.6. The molecule has 0 saturated carbocycles. The van der Waals surface area contributed by atoms with E-state index in [0.29, 0.717) is 29.5 Å². The smallest absolute Gasteiger partial charge is 0.446 e. The molecule has 0 aromatic carbocycles. The van der Waals surface area contributed by atoms with E-state index >= 15 is 0 Å². The molecule has 0 atom stereocenters. The number of aliphatic imine (C=N–C) groups is 1. The first kappa shape index (κ1) is 64.9. The van der Waals surface area contributed by atoms with E-state index in [9.17, 15) is 69.8 Å². The van der Waals surface area contributed by atoms with Crippen LogP contribution in [-0.4, -0.2) is 140 Å². The second-order valence-electron chi connectivity index (χ2n) is 9.70. The van der Waals surface area contributed by atoms with E-state index in [1.165, 1.54) is 24.2 Å². The van der Waals surface area contributed by atoms with Crippen LogP contribution in [0.3, 0.4) is 0 Å². The molecular weight excluding hydrogens is 814 g/mol. The number of imide groups is 5. The van der Waals surface area contributed by atoms with Crippen LogP contribution in [0.25, 0.3) is 0 Å². The summed E-state index contributed by atoms with van der Waals surface area (Å²) < 4.78 is 79.3. The summed E-state index contributed by atoms with van der Waals surface area (Å²) in [4.78, 5) is 99.1. The van der Waals surface area contributed by atoms with E-state index in [1.54, 1.807) is 0 Å². The number of carbonyl (C=O) groups excluding carboxylic acids is 9. The number of amides is 8. The third kappa shape index (κ3) is 31.8. The van der Waals surface area contributed by atoms with Crippen LogP contribution < -0.4 is 16.6 Å². The predicted molar refractivity (Wildman–Crippen MR) is 197 cm³/mol. The molecule has 3 heterocycles. The van der Waals surface area contributed by atoms with Gasteiger partial charge in [-0.3, -0.25) is 48.4 Å². The maximum atomic E-state index is 11.7. The van der Waals surface area contributed by atoms with Gasteiger partial charge < -0.3 is 30.8 Å². The van der Waals surface area contributed by atoms with E-state index < -0.39 is 66.9 Å². The molecule has 8 amide bonds. The number of ether oxygens (including phenoxy) is 3. The quantitative estimate of drug-likeness (QED) is 0.0797. The monoisotopic (exact) mass is 867 g/mol. The highest BCUT2D eigenvalue weighted by molar-refractivity contribution is 6.21. The molecule has 0 aromatic rings.